The number of anilines is 1. The molecule has 5 rings (SSSR count). The summed E-state index contributed by atoms with van der Waals surface area (Å²) in [7, 11) is 2.10. The van der Waals surface area contributed by atoms with Crippen molar-refractivity contribution in [3.05, 3.63) is 100 Å². The fraction of sp³-hybridized carbons (Fsp3) is 0.300. The molecule has 1 fully saturated rings. The van der Waals surface area contributed by atoms with Crippen LogP contribution >= 0.6 is 0 Å². The van der Waals surface area contributed by atoms with Crippen molar-refractivity contribution in [3.8, 4) is 6.07 Å². The highest BCUT2D eigenvalue weighted by Gasteiger charge is 2.23. The number of halogens is 2. The molecule has 4 heterocycles. The second-order valence-corrected chi connectivity index (χ2v) is 9.96. The molecule has 3 aliphatic heterocycles. The SMILES string of the molecule is CN1CC=C(C2=CN/C(=C(/C#N)C=N)C(c3ccc(N4CCN(Cc5c(F)cccc5F)CC4)nc3)=C2)CC1. The average Bonchev–Trinajstić information content (AvgIpc) is 2.97. The van der Waals surface area contributed by atoms with Crippen molar-refractivity contribution in [3.63, 3.8) is 0 Å². The standard InChI is InChI=1S/C30H31F2N7/c1-37-9-7-21(8-10-37)23-15-25(30(36-19-23)24(16-33)17-34)22-5-6-29(35-18-22)39-13-11-38(12-14-39)20-26-27(31)3-2-4-28(26)32/h2-7,15-16,18-19,33,36H,8-14,20H2,1H3/b30-24+,33-16?. The summed E-state index contributed by atoms with van der Waals surface area (Å²) >= 11 is 0. The van der Waals surface area contributed by atoms with E-state index in [2.05, 4.69) is 40.4 Å². The van der Waals surface area contributed by atoms with Crippen LogP contribution in [0.2, 0.25) is 0 Å². The minimum absolute atomic E-state index is 0.109. The van der Waals surface area contributed by atoms with E-state index in [1.54, 1.807) is 6.20 Å². The molecule has 0 bridgehead atoms. The Morgan fingerprint density at radius 2 is 1.90 bits per heavy atom. The summed E-state index contributed by atoms with van der Waals surface area (Å²) in [5.74, 6) is -0.198. The highest BCUT2D eigenvalue weighted by molar-refractivity contribution is 5.93. The molecule has 0 spiro atoms. The molecule has 0 unspecified atom stereocenters. The number of benzene rings is 1. The van der Waals surface area contributed by atoms with Crippen molar-refractivity contribution in [1.29, 1.82) is 10.7 Å². The van der Waals surface area contributed by atoms with Gasteiger partial charge in [-0.15, -0.1) is 0 Å². The van der Waals surface area contributed by atoms with E-state index in [4.69, 9.17) is 10.4 Å². The van der Waals surface area contributed by atoms with Crippen LogP contribution in [0.3, 0.4) is 0 Å². The first kappa shape index (κ1) is 26.5. The lowest BCUT2D eigenvalue weighted by Crippen LogP contribution is -2.46. The minimum Gasteiger partial charge on any atom is -0.359 e. The quantitative estimate of drug-likeness (QED) is 0.432. The average molecular weight is 528 g/mol. The Balaban J connectivity index is 1.32. The summed E-state index contributed by atoms with van der Waals surface area (Å²) in [6.07, 6.45) is 10.0. The predicted molar refractivity (Wildman–Crippen MR) is 149 cm³/mol. The van der Waals surface area contributed by atoms with E-state index < -0.39 is 11.6 Å². The van der Waals surface area contributed by atoms with Crippen LogP contribution in [0.4, 0.5) is 14.6 Å². The number of rotatable bonds is 6. The molecule has 2 N–H and O–H groups in total. The van der Waals surface area contributed by atoms with Crippen LogP contribution in [-0.2, 0) is 6.54 Å². The minimum atomic E-state index is -0.512. The van der Waals surface area contributed by atoms with Crippen LogP contribution in [0.1, 0.15) is 17.5 Å². The van der Waals surface area contributed by atoms with E-state index in [0.717, 1.165) is 48.3 Å². The van der Waals surface area contributed by atoms with Gasteiger partial charge in [0.15, 0.2) is 0 Å². The van der Waals surface area contributed by atoms with Crippen molar-refractivity contribution >= 4 is 17.6 Å². The highest BCUT2D eigenvalue weighted by atomic mass is 19.1. The lowest BCUT2D eigenvalue weighted by molar-refractivity contribution is 0.242. The van der Waals surface area contributed by atoms with Gasteiger partial charge >= 0.3 is 0 Å². The number of allylic oxidation sites excluding steroid dienone is 4. The summed E-state index contributed by atoms with van der Waals surface area (Å²) in [5.41, 5.74) is 4.94. The van der Waals surface area contributed by atoms with Gasteiger partial charge in [-0.05, 0) is 55.0 Å². The molecule has 7 nitrogen and oxygen atoms in total. The first-order valence-corrected chi connectivity index (χ1v) is 13.0. The van der Waals surface area contributed by atoms with Crippen molar-refractivity contribution in [1.82, 2.24) is 20.1 Å². The Hall–Kier alpha value is -4.13. The molecule has 200 valence electrons. The van der Waals surface area contributed by atoms with Crippen LogP contribution in [0.5, 0.6) is 0 Å². The topological polar surface area (TPSA) is 82.3 Å². The van der Waals surface area contributed by atoms with Gasteiger partial charge in [-0.1, -0.05) is 12.1 Å². The van der Waals surface area contributed by atoms with Crippen LogP contribution in [0.15, 0.2) is 77.3 Å². The predicted octanol–water partition coefficient (Wildman–Crippen LogP) is 4.24. The molecule has 9 heteroatoms. The number of hydrogen-bond acceptors (Lipinski definition) is 7. The molecular formula is C30H31F2N7. The van der Waals surface area contributed by atoms with E-state index in [-0.39, 0.29) is 17.7 Å². The van der Waals surface area contributed by atoms with Crippen molar-refractivity contribution in [2.45, 2.75) is 13.0 Å². The number of likely N-dealkylation sites (N-methyl/N-ethyl adjacent to an activating group) is 1. The molecule has 1 saturated heterocycles. The number of nitrogens with one attached hydrogen (secondary N) is 2. The van der Waals surface area contributed by atoms with E-state index in [9.17, 15) is 14.0 Å². The van der Waals surface area contributed by atoms with Crippen LogP contribution in [0.25, 0.3) is 5.57 Å². The normalized spacial score (nSPS) is 19.8. The third-order valence-electron chi connectivity index (χ3n) is 7.46. The number of dihydropyridines is 1. The van der Waals surface area contributed by atoms with Crippen molar-refractivity contribution in [2.75, 3.05) is 51.2 Å². The van der Waals surface area contributed by atoms with E-state index in [0.29, 0.717) is 31.9 Å². The van der Waals surface area contributed by atoms with Crippen LogP contribution in [-0.4, -0.2) is 67.3 Å². The Labute approximate surface area is 227 Å². The molecule has 0 radical (unpaired) electrons. The number of nitriles is 1. The van der Waals surface area contributed by atoms with Gasteiger partial charge in [-0.2, -0.15) is 5.26 Å². The summed E-state index contributed by atoms with van der Waals surface area (Å²) in [4.78, 5) is 11.2. The first-order valence-electron chi connectivity index (χ1n) is 13.0. The third-order valence-corrected chi connectivity index (χ3v) is 7.46. The van der Waals surface area contributed by atoms with Gasteiger partial charge in [0.05, 0.1) is 11.3 Å². The molecule has 0 atom stereocenters. The smallest absolute Gasteiger partial charge is 0.130 e. The highest BCUT2D eigenvalue weighted by Crippen LogP contribution is 2.32. The molecular weight excluding hydrogens is 496 g/mol. The Morgan fingerprint density at radius 1 is 1.13 bits per heavy atom. The fourth-order valence-corrected chi connectivity index (χ4v) is 5.10. The second kappa shape index (κ2) is 11.7. The van der Waals surface area contributed by atoms with E-state index in [1.165, 1.54) is 23.8 Å². The fourth-order valence-electron chi connectivity index (χ4n) is 5.10. The van der Waals surface area contributed by atoms with Gasteiger partial charge in [0.2, 0.25) is 0 Å². The van der Waals surface area contributed by atoms with Gasteiger partial charge in [0.1, 0.15) is 23.5 Å². The van der Waals surface area contributed by atoms with Crippen molar-refractivity contribution in [2.24, 2.45) is 0 Å². The largest absolute Gasteiger partial charge is 0.359 e. The number of piperazine rings is 1. The molecule has 0 amide bonds. The maximum absolute atomic E-state index is 14.1. The Bertz CT molecular complexity index is 1390. The Morgan fingerprint density at radius 3 is 2.51 bits per heavy atom. The number of pyridine rings is 1. The summed E-state index contributed by atoms with van der Waals surface area (Å²) in [5, 5.41) is 20.6. The zero-order valence-corrected chi connectivity index (χ0v) is 21.9. The lowest BCUT2D eigenvalue weighted by atomic mass is 9.91. The molecule has 1 aromatic carbocycles. The lowest BCUT2D eigenvalue weighted by Gasteiger charge is -2.35. The number of nitrogens with zero attached hydrogens (tertiary/aromatic N) is 5. The summed E-state index contributed by atoms with van der Waals surface area (Å²) in [6.45, 7) is 4.84. The van der Waals surface area contributed by atoms with E-state index >= 15 is 0 Å². The van der Waals surface area contributed by atoms with E-state index in [1.807, 2.05) is 23.2 Å². The van der Waals surface area contributed by atoms with Gasteiger partial charge in [0.25, 0.3) is 0 Å². The van der Waals surface area contributed by atoms with Gasteiger partial charge in [-0.25, -0.2) is 13.8 Å². The van der Waals surface area contributed by atoms with Crippen LogP contribution in [0, 0.1) is 28.4 Å². The van der Waals surface area contributed by atoms with Gasteiger partial charge in [-0.3, -0.25) is 4.90 Å². The third kappa shape index (κ3) is 5.82. The number of aromatic nitrogens is 1. The van der Waals surface area contributed by atoms with Crippen LogP contribution < -0.4 is 10.2 Å². The second-order valence-electron chi connectivity index (χ2n) is 9.96. The van der Waals surface area contributed by atoms with Gasteiger partial charge in [0, 0.05) is 81.1 Å². The maximum Gasteiger partial charge on any atom is 0.130 e. The summed E-state index contributed by atoms with van der Waals surface area (Å²) < 4.78 is 28.1. The first-order chi connectivity index (χ1) is 19.0. The zero-order chi connectivity index (χ0) is 27.4. The molecule has 0 saturated carbocycles. The zero-order valence-electron chi connectivity index (χ0n) is 21.9. The monoisotopic (exact) mass is 527 g/mol. The molecule has 0 aliphatic carbocycles. The van der Waals surface area contributed by atoms with Gasteiger partial charge < -0.3 is 20.5 Å². The molecule has 39 heavy (non-hydrogen) atoms. The molecule has 2 aromatic rings. The molecule has 1 aromatic heterocycles. The number of hydrogen-bond donors (Lipinski definition) is 2. The molecule has 3 aliphatic rings. The van der Waals surface area contributed by atoms with Crippen molar-refractivity contribution < 1.29 is 8.78 Å². The maximum atomic E-state index is 14.1. The summed E-state index contributed by atoms with van der Waals surface area (Å²) in [6, 6.07) is 10.0. The Kier molecular flexibility index (Phi) is 7.96.